The average Bonchev–Trinajstić information content (AvgIpc) is 2.16. The van der Waals surface area contributed by atoms with Gasteiger partial charge in [-0.15, -0.1) is 0 Å². The van der Waals surface area contributed by atoms with Gasteiger partial charge in [0.15, 0.2) is 0 Å². The maximum absolute atomic E-state index is 8.96. The molecule has 0 bridgehead atoms. The van der Waals surface area contributed by atoms with Crippen LogP contribution in [0.3, 0.4) is 0 Å². The van der Waals surface area contributed by atoms with E-state index in [9.17, 15) is 0 Å². The zero-order chi connectivity index (χ0) is 10.1. The molecule has 0 amide bonds. The van der Waals surface area contributed by atoms with E-state index in [2.05, 4.69) is 4.98 Å². The zero-order valence-corrected chi connectivity index (χ0v) is 7.38. The fourth-order valence-corrected chi connectivity index (χ4v) is 1.33. The molecule has 0 aliphatic carbocycles. The van der Waals surface area contributed by atoms with Crippen LogP contribution in [0.15, 0.2) is 30.5 Å². The normalized spacial score (nSPS) is 10.4. The Labute approximate surface area is 81.2 Å². The quantitative estimate of drug-likeness (QED) is 0.527. The van der Waals surface area contributed by atoms with E-state index >= 15 is 0 Å². The van der Waals surface area contributed by atoms with Crippen LogP contribution in [-0.2, 0) is 0 Å². The summed E-state index contributed by atoms with van der Waals surface area (Å²) in [4.78, 5) is 4.09. The molecule has 1 heterocycles. The van der Waals surface area contributed by atoms with Gasteiger partial charge in [0.05, 0.1) is 17.4 Å². The Hall–Kier alpha value is -1.59. The summed E-state index contributed by atoms with van der Waals surface area (Å²) < 4.78 is 0. The van der Waals surface area contributed by atoms with Crippen LogP contribution in [0.4, 0.5) is 5.69 Å². The highest BCUT2D eigenvalue weighted by molar-refractivity contribution is 6.58. The molecule has 0 saturated heterocycles. The van der Waals surface area contributed by atoms with Crippen molar-refractivity contribution in [1.29, 1.82) is 0 Å². The van der Waals surface area contributed by atoms with Crippen molar-refractivity contribution >= 4 is 29.2 Å². The van der Waals surface area contributed by atoms with Gasteiger partial charge in [-0.1, -0.05) is 12.1 Å². The molecule has 4 nitrogen and oxygen atoms in total. The van der Waals surface area contributed by atoms with E-state index in [0.717, 1.165) is 10.9 Å². The summed E-state index contributed by atoms with van der Waals surface area (Å²) in [7, 11) is -1.46. The second-order valence-corrected chi connectivity index (χ2v) is 3.09. The van der Waals surface area contributed by atoms with Crippen molar-refractivity contribution in [2.45, 2.75) is 0 Å². The number of hydrogen-bond donors (Lipinski definition) is 3. The second kappa shape index (κ2) is 3.28. The van der Waals surface area contributed by atoms with Crippen molar-refractivity contribution in [1.82, 2.24) is 4.98 Å². The maximum Gasteiger partial charge on any atom is 0.488 e. The van der Waals surface area contributed by atoms with Gasteiger partial charge in [-0.25, -0.2) is 0 Å². The summed E-state index contributed by atoms with van der Waals surface area (Å²) >= 11 is 0. The van der Waals surface area contributed by atoms with Crippen molar-refractivity contribution in [2.24, 2.45) is 0 Å². The number of nitrogens with two attached hydrogens (primary N) is 1. The van der Waals surface area contributed by atoms with Crippen LogP contribution in [0, 0.1) is 0 Å². The Morgan fingerprint density at radius 3 is 2.71 bits per heavy atom. The number of aromatic nitrogens is 1. The number of nitrogen functional groups attached to an aromatic ring is 1. The molecule has 5 heteroatoms. The largest absolute Gasteiger partial charge is 0.488 e. The van der Waals surface area contributed by atoms with Gasteiger partial charge in [0.2, 0.25) is 0 Å². The van der Waals surface area contributed by atoms with Crippen LogP contribution >= 0.6 is 0 Å². The number of hydrogen-bond acceptors (Lipinski definition) is 4. The van der Waals surface area contributed by atoms with Gasteiger partial charge in [0.25, 0.3) is 0 Å². The molecule has 0 radical (unpaired) electrons. The fraction of sp³-hybridized carbons (Fsp3) is 0. The van der Waals surface area contributed by atoms with Crippen molar-refractivity contribution in [3.8, 4) is 0 Å². The topological polar surface area (TPSA) is 79.4 Å². The van der Waals surface area contributed by atoms with E-state index in [0.29, 0.717) is 11.2 Å². The fourth-order valence-electron chi connectivity index (χ4n) is 1.33. The first-order valence-electron chi connectivity index (χ1n) is 4.18. The summed E-state index contributed by atoms with van der Waals surface area (Å²) in [6.45, 7) is 0. The minimum Gasteiger partial charge on any atom is -0.423 e. The molecule has 0 spiro atoms. The van der Waals surface area contributed by atoms with Crippen LogP contribution in [0.25, 0.3) is 10.9 Å². The van der Waals surface area contributed by atoms with Crippen LogP contribution < -0.4 is 11.2 Å². The smallest absolute Gasteiger partial charge is 0.423 e. The molecule has 0 aliphatic rings. The SMILES string of the molecule is Nc1cnc2ccc(B(O)O)cc2c1. The lowest BCUT2D eigenvalue weighted by molar-refractivity contribution is 0.426. The molecule has 0 aliphatic heterocycles. The van der Waals surface area contributed by atoms with E-state index in [1.165, 1.54) is 0 Å². The number of anilines is 1. The predicted octanol–water partition coefficient (Wildman–Crippen LogP) is -0.503. The molecular formula is C9H9BN2O2. The van der Waals surface area contributed by atoms with Crippen molar-refractivity contribution in [3.63, 3.8) is 0 Å². The summed E-state index contributed by atoms with van der Waals surface area (Å²) in [5, 5.41) is 18.7. The maximum atomic E-state index is 8.96. The van der Waals surface area contributed by atoms with Gasteiger partial charge in [-0.3, -0.25) is 4.98 Å². The molecule has 70 valence electrons. The highest BCUT2D eigenvalue weighted by atomic mass is 16.4. The average molecular weight is 188 g/mol. The van der Waals surface area contributed by atoms with Crippen LogP contribution in [0.1, 0.15) is 0 Å². The third-order valence-corrected chi connectivity index (χ3v) is 2.02. The Morgan fingerprint density at radius 1 is 1.21 bits per heavy atom. The third-order valence-electron chi connectivity index (χ3n) is 2.02. The zero-order valence-electron chi connectivity index (χ0n) is 7.38. The number of fused-ring (bicyclic) bond motifs is 1. The summed E-state index contributed by atoms with van der Waals surface area (Å²) in [5.74, 6) is 0. The number of benzene rings is 1. The van der Waals surface area contributed by atoms with E-state index in [1.807, 2.05) is 0 Å². The lowest BCUT2D eigenvalue weighted by Crippen LogP contribution is -2.29. The van der Waals surface area contributed by atoms with Crippen molar-refractivity contribution in [2.75, 3.05) is 5.73 Å². The molecule has 0 unspecified atom stereocenters. The van der Waals surface area contributed by atoms with E-state index in [4.69, 9.17) is 15.8 Å². The Morgan fingerprint density at radius 2 is 2.00 bits per heavy atom. The molecule has 2 rings (SSSR count). The summed E-state index contributed by atoms with van der Waals surface area (Å²) in [5.41, 5.74) is 7.34. The number of rotatable bonds is 1. The number of pyridine rings is 1. The molecule has 0 fully saturated rings. The molecule has 0 saturated carbocycles. The summed E-state index contributed by atoms with van der Waals surface area (Å²) in [6.07, 6.45) is 1.57. The van der Waals surface area contributed by atoms with E-state index in [1.54, 1.807) is 30.5 Å². The highest BCUT2D eigenvalue weighted by Crippen LogP contribution is 2.12. The third kappa shape index (κ3) is 1.55. The van der Waals surface area contributed by atoms with Crippen LogP contribution in [-0.4, -0.2) is 22.2 Å². The van der Waals surface area contributed by atoms with Gasteiger partial charge in [-0.05, 0) is 17.6 Å². The van der Waals surface area contributed by atoms with Crippen molar-refractivity contribution < 1.29 is 10.0 Å². The van der Waals surface area contributed by atoms with Gasteiger partial charge >= 0.3 is 7.12 Å². The second-order valence-electron chi connectivity index (χ2n) is 3.09. The summed E-state index contributed by atoms with van der Waals surface area (Å²) in [6, 6.07) is 6.75. The molecular weight excluding hydrogens is 179 g/mol. The van der Waals surface area contributed by atoms with E-state index < -0.39 is 7.12 Å². The highest BCUT2D eigenvalue weighted by Gasteiger charge is 2.10. The molecule has 1 aromatic carbocycles. The first-order valence-corrected chi connectivity index (χ1v) is 4.18. The van der Waals surface area contributed by atoms with Gasteiger partial charge in [-0.2, -0.15) is 0 Å². The molecule has 2 aromatic rings. The Balaban J connectivity index is 2.63. The van der Waals surface area contributed by atoms with E-state index in [-0.39, 0.29) is 0 Å². The van der Waals surface area contributed by atoms with Gasteiger partial charge in [0.1, 0.15) is 0 Å². The monoisotopic (exact) mass is 188 g/mol. The van der Waals surface area contributed by atoms with Gasteiger partial charge < -0.3 is 15.8 Å². The first-order chi connectivity index (χ1) is 6.66. The lowest BCUT2D eigenvalue weighted by Gasteiger charge is -2.02. The standard InChI is InChI=1S/C9H9BN2O2/c11-8-4-6-3-7(10(13)14)1-2-9(6)12-5-8/h1-5,13-14H,11H2. The molecule has 14 heavy (non-hydrogen) atoms. The minimum absolute atomic E-state index is 0.435. The molecule has 4 N–H and O–H groups in total. The lowest BCUT2D eigenvalue weighted by atomic mass is 9.80. The molecule has 0 atom stereocenters. The molecule has 1 aromatic heterocycles. The Bertz CT molecular complexity index is 473. The number of nitrogens with zero attached hydrogens (tertiary/aromatic N) is 1. The minimum atomic E-state index is -1.46. The predicted molar refractivity (Wildman–Crippen MR) is 56.0 cm³/mol. The Kier molecular flexibility index (Phi) is 2.11. The van der Waals surface area contributed by atoms with Crippen molar-refractivity contribution in [3.05, 3.63) is 30.5 Å². The first kappa shape index (κ1) is 8.99. The van der Waals surface area contributed by atoms with Gasteiger partial charge in [0, 0.05) is 5.39 Å². The van der Waals surface area contributed by atoms with Crippen LogP contribution in [0.5, 0.6) is 0 Å². The van der Waals surface area contributed by atoms with Crippen LogP contribution in [0.2, 0.25) is 0 Å².